The standard InChI is InChI=1S/C11H13ClIN3/c12-9-4-5-11(10(13)8-9)14-15-16-6-2-1-3-7-16/h4-5,8H,1-3,6-7H2. The molecular formula is C11H13ClIN3. The van der Waals surface area contributed by atoms with Crippen molar-refractivity contribution in [1.82, 2.24) is 5.01 Å². The van der Waals surface area contributed by atoms with E-state index in [9.17, 15) is 0 Å². The van der Waals surface area contributed by atoms with E-state index in [2.05, 4.69) is 32.9 Å². The Morgan fingerprint density at radius 2 is 1.94 bits per heavy atom. The predicted octanol–water partition coefficient (Wildman–Crippen LogP) is 4.43. The molecule has 0 atom stereocenters. The Labute approximate surface area is 114 Å². The summed E-state index contributed by atoms with van der Waals surface area (Å²) in [6, 6.07) is 5.64. The van der Waals surface area contributed by atoms with Crippen LogP contribution in [0.1, 0.15) is 19.3 Å². The smallest absolute Gasteiger partial charge is 0.101 e. The van der Waals surface area contributed by atoms with E-state index < -0.39 is 0 Å². The molecular weight excluding hydrogens is 336 g/mol. The van der Waals surface area contributed by atoms with Gasteiger partial charge in [0.15, 0.2) is 0 Å². The molecule has 1 fully saturated rings. The molecule has 0 aromatic heterocycles. The van der Waals surface area contributed by atoms with Crippen molar-refractivity contribution in [2.24, 2.45) is 10.3 Å². The lowest BCUT2D eigenvalue weighted by Gasteiger charge is -2.21. The average Bonchev–Trinajstić information content (AvgIpc) is 2.29. The number of hydrogen-bond donors (Lipinski definition) is 0. The number of piperidine rings is 1. The first-order valence-corrected chi connectivity index (χ1v) is 6.83. The van der Waals surface area contributed by atoms with Crippen LogP contribution < -0.4 is 0 Å². The Kier molecular flexibility index (Phi) is 4.40. The van der Waals surface area contributed by atoms with Crippen LogP contribution in [0.15, 0.2) is 28.5 Å². The molecule has 0 radical (unpaired) electrons. The Morgan fingerprint density at radius 1 is 1.19 bits per heavy atom. The number of rotatable bonds is 2. The number of halogens is 2. The first-order valence-electron chi connectivity index (χ1n) is 5.37. The molecule has 1 aliphatic heterocycles. The molecule has 86 valence electrons. The fraction of sp³-hybridized carbons (Fsp3) is 0.455. The minimum atomic E-state index is 0.737. The van der Waals surface area contributed by atoms with Gasteiger partial charge in [0.2, 0.25) is 0 Å². The summed E-state index contributed by atoms with van der Waals surface area (Å²) in [4.78, 5) is 0. The zero-order valence-corrected chi connectivity index (χ0v) is 11.8. The maximum Gasteiger partial charge on any atom is 0.101 e. The van der Waals surface area contributed by atoms with Gasteiger partial charge in [-0.05, 0) is 60.1 Å². The van der Waals surface area contributed by atoms with Crippen molar-refractivity contribution in [3.8, 4) is 0 Å². The molecule has 5 heteroatoms. The van der Waals surface area contributed by atoms with Crippen molar-refractivity contribution in [2.45, 2.75) is 19.3 Å². The topological polar surface area (TPSA) is 28.0 Å². The van der Waals surface area contributed by atoms with E-state index in [0.29, 0.717) is 0 Å². The molecule has 0 N–H and O–H groups in total. The molecule has 1 aromatic rings. The summed E-state index contributed by atoms with van der Waals surface area (Å²) in [5.74, 6) is 0. The SMILES string of the molecule is Clc1ccc(N=NN2CCCCC2)c(I)c1. The molecule has 1 heterocycles. The highest BCUT2D eigenvalue weighted by Gasteiger charge is 2.07. The summed E-state index contributed by atoms with van der Waals surface area (Å²) < 4.78 is 1.03. The first kappa shape index (κ1) is 12.1. The average molecular weight is 350 g/mol. The zero-order valence-electron chi connectivity index (χ0n) is 8.87. The molecule has 16 heavy (non-hydrogen) atoms. The van der Waals surface area contributed by atoms with Crippen molar-refractivity contribution < 1.29 is 0 Å². The van der Waals surface area contributed by atoms with Crippen molar-refractivity contribution >= 4 is 39.9 Å². The van der Waals surface area contributed by atoms with Gasteiger partial charge in [0.25, 0.3) is 0 Å². The third kappa shape index (κ3) is 3.31. The van der Waals surface area contributed by atoms with Gasteiger partial charge in [-0.2, -0.15) is 0 Å². The highest BCUT2D eigenvalue weighted by Crippen LogP contribution is 2.25. The highest BCUT2D eigenvalue weighted by molar-refractivity contribution is 14.1. The first-order chi connectivity index (χ1) is 7.75. The Balaban J connectivity index is 2.04. The van der Waals surface area contributed by atoms with E-state index in [-0.39, 0.29) is 0 Å². The van der Waals surface area contributed by atoms with Gasteiger partial charge >= 0.3 is 0 Å². The zero-order chi connectivity index (χ0) is 11.4. The maximum absolute atomic E-state index is 5.88. The highest BCUT2D eigenvalue weighted by atomic mass is 127. The lowest BCUT2D eigenvalue weighted by Crippen LogP contribution is -2.23. The van der Waals surface area contributed by atoms with Gasteiger partial charge in [-0.25, -0.2) is 0 Å². The second-order valence-electron chi connectivity index (χ2n) is 3.80. The van der Waals surface area contributed by atoms with Gasteiger partial charge in [-0.3, -0.25) is 5.01 Å². The molecule has 0 unspecified atom stereocenters. The lowest BCUT2D eigenvalue weighted by molar-refractivity contribution is 0.224. The molecule has 0 spiro atoms. The van der Waals surface area contributed by atoms with Gasteiger partial charge in [0.05, 0.1) is 0 Å². The van der Waals surface area contributed by atoms with Crippen LogP contribution in [0, 0.1) is 3.57 Å². The van der Waals surface area contributed by atoms with E-state index in [1.165, 1.54) is 19.3 Å². The molecule has 1 aromatic carbocycles. The van der Waals surface area contributed by atoms with E-state index in [1.807, 2.05) is 23.2 Å². The van der Waals surface area contributed by atoms with Crippen LogP contribution in [-0.4, -0.2) is 18.1 Å². The lowest BCUT2D eigenvalue weighted by atomic mass is 10.2. The summed E-state index contributed by atoms with van der Waals surface area (Å²) in [5.41, 5.74) is 0.885. The molecule has 1 aliphatic rings. The molecule has 0 aliphatic carbocycles. The largest absolute Gasteiger partial charge is 0.278 e. The molecule has 0 bridgehead atoms. The van der Waals surface area contributed by atoms with Gasteiger partial charge in [0.1, 0.15) is 5.69 Å². The summed E-state index contributed by atoms with van der Waals surface area (Å²) >= 11 is 8.10. The summed E-state index contributed by atoms with van der Waals surface area (Å²) in [6.45, 7) is 2.04. The Hall–Kier alpha value is -0.360. The minimum Gasteiger partial charge on any atom is -0.278 e. The number of nitrogens with zero attached hydrogens (tertiary/aromatic N) is 3. The third-order valence-corrected chi connectivity index (χ3v) is 3.62. The quantitative estimate of drug-likeness (QED) is 0.573. The van der Waals surface area contributed by atoms with Gasteiger partial charge < -0.3 is 0 Å². The molecule has 0 saturated carbocycles. The number of hydrogen-bond acceptors (Lipinski definition) is 2. The van der Waals surface area contributed by atoms with Gasteiger partial charge in [0, 0.05) is 21.7 Å². The van der Waals surface area contributed by atoms with Crippen LogP contribution in [-0.2, 0) is 0 Å². The van der Waals surface area contributed by atoms with Crippen molar-refractivity contribution in [3.63, 3.8) is 0 Å². The summed E-state index contributed by atoms with van der Waals surface area (Å²) in [5, 5.41) is 11.3. The van der Waals surface area contributed by atoms with E-state index in [4.69, 9.17) is 11.6 Å². The van der Waals surface area contributed by atoms with Gasteiger partial charge in [-0.1, -0.05) is 16.8 Å². The van der Waals surface area contributed by atoms with Crippen molar-refractivity contribution in [2.75, 3.05) is 13.1 Å². The monoisotopic (exact) mass is 349 g/mol. The van der Waals surface area contributed by atoms with Crippen LogP contribution in [0.2, 0.25) is 5.02 Å². The summed E-state index contributed by atoms with van der Waals surface area (Å²) in [7, 11) is 0. The molecule has 1 saturated heterocycles. The van der Waals surface area contributed by atoms with E-state index in [1.54, 1.807) is 0 Å². The van der Waals surface area contributed by atoms with E-state index in [0.717, 1.165) is 27.4 Å². The van der Waals surface area contributed by atoms with Crippen LogP contribution in [0.25, 0.3) is 0 Å². The second kappa shape index (κ2) is 5.82. The van der Waals surface area contributed by atoms with Crippen LogP contribution in [0.4, 0.5) is 5.69 Å². The Morgan fingerprint density at radius 3 is 2.62 bits per heavy atom. The predicted molar refractivity (Wildman–Crippen MR) is 74.1 cm³/mol. The number of benzene rings is 1. The van der Waals surface area contributed by atoms with Crippen molar-refractivity contribution in [3.05, 3.63) is 26.8 Å². The fourth-order valence-corrected chi connectivity index (χ4v) is 2.62. The molecule has 2 rings (SSSR count). The van der Waals surface area contributed by atoms with Crippen LogP contribution in [0.5, 0.6) is 0 Å². The minimum absolute atomic E-state index is 0.737. The maximum atomic E-state index is 5.88. The molecule has 3 nitrogen and oxygen atoms in total. The van der Waals surface area contributed by atoms with Gasteiger partial charge in [-0.15, -0.1) is 5.11 Å². The van der Waals surface area contributed by atoms with Crippen LogP contribution in [0.3, 0.4) is 0 Å². The summed E-state index contributed by atoms with van der Waals surface area (Å²) in [6.07, 6.45) is 3.75. The second-order valence-corrected chi connectivity index (χ2v) is 5.40. The fourth-order valence-electron chi connectivity index (χ4n) is 1.64. The Bertz CT molecular complexity index is 389. The van der Waals surface area contributed by atoms with Crippen LogP contribution >= 0.6 is 34.2 Å². The van der Waals surface area contributed by atoms with Crippen molar-refractivity contribution in [1.29, 1.82) is 0 Å². The third-order valence-electron chi connectivity index (χ3n) is 2.52. The molecule has 0 amide bonds. The van der Waals surface area contributed by atoms with E-state index >= 15 is 0 Å². The normalized spacial score (nSPS) is 17.0.